The number of nitrogens with zero attached hydrogens (tertiary/aromatic N) is 4. The molecule has 0 radical (unpaired) electrons. The topological polar surface area (TPSA) is 44.3 Å². The average molecular weight is 334 g/mol. The molecule has 6 heteroatoms. The zero-order valence-corrected chi connectivity index (χ0v) is 15.4. The molecule has 3 heterocycles. The van der Waals surface area contributed by atoms with E-state index in [-0.39, 0.29) is 0 Å². The van der Waals surface area contributed by atoms with Gasteiger partial charge in [0.15, 0.2) is 0 Å². The maximum atomic E-state index is 4.61. The minimum Gasteiger partial charge on any atom is -0.368 e. The van der Waals surface area contributed by atoms with Crippen LogP contribution in [0.2, 0.25) is 0 Å². The summed E-state index contributed by atoms with van der Waals surface area (Å²) in [6.07, 6.45) is 2.54. The van der Waals surface area contributed by atoms with E-state index in [0.29, 0.717) is 0 Å². The van der Waals surface area contributed by atoms with Gasteiger partial charge in [0.25, 0.3) is 0 Å². The normalized spacial score (nSPS) is 17.3. The van der Waals surface area contributed by atoms with Crippen molar-refractivity contribution in [1.82, 2.24) is 19.8 Å². The molecule has 0 amide bonds. The first kappa shape index (κ1) is 16.6. The first-order valence-electron chi connectivity index (χ1n) is 8.39. The molecule has 0 aliphatic carbocycles. The van der Waals surface area contributed by atoms with Gasteiger partial charge in [-0.1, -0.05) is 0 Å². The summed E-state index contributed by atoms with van der Waals surface area (Å²) in [5, 5.41) is 6.89. The zero-order chi connectivity index (χ0) is 16.4. The van der Waals surface area contributed by atoms with Gasteiger partial charge in [0.05, 0.1) is 5.39 Å². The summed E-state index contributed by atoms with van der Waals surface area (Å²) >= 11 is 1.70. The summed E-state index contributed by atoms with van der Waals surface area (Å²) in [6, 6.07) is 0.747. The van der Waals surface area contributed by atoms with Crippen molar-refractivity contribution in [2.45, 2.75) is 32.7 Å². The monoisotopic (exact) mass is 333 g/mol. The van der Waals surface area contributed by atoms with E-state index in [1.165, 1.54) is 36.9 Å². The second-order valence-corrected chi connectivity index (χ2v) is 7.54. The van der Waals surface area contributed by atoms with Crippen LogP contribution in [0, 0.1) is 13.8 Å². The van der Waals surface area contributed by atoms with Gasteiger partial charge in [0.1, 0.15) is 16.5 Å². The molecule has 5 nitrogen and oxygen atoms in total. The molecule has 1 aliphatic rings. The van der Waals surface area contributed by atoms with Crippen molar-refractivity contribution in [3.63, 3.8) is 0 Å². The first-order chi connectivity index (χ1) is 11.0. The van der Waals surface area contributed by atoms with Crippen molar-refractivity contribution in [3.8, 4) is 0 Å². The maximum absolute atomic E-state index is 4.61. The Labute approximate surface area is 142 Å². The highest BCUT2D eigenvalue weighted by Gasteiger charge is 2.20. The molecule has 0 atom stereocenters. The van der Waals surface area contributed by atoms with Gasteiger partial charge in [-0.2, -0.15) is 0 Å². The Balaban J connectivity index is 1.56. The summed E-state index contributed by atoms with van der Waals surface area (Å²) < 4.78 is 0. The second kappa shape index (κ2) is 7.11. The van der Waals surface area contributed by atoms with E-state index in [4.69, 9.17) is 0 Å². The third-order valence-corrected chi connectivity index (χ3v) is 5.73. The minimum absolute atomic E-state index is 0.747. The number of fused-ring (bicyclic) bond motifs is 1. The van der Waals surface area contributed by atoms with Gasteiger partial charge in [-0.3, -0.25) is 0 Å². The van der Waals surface area contributed by atoms with Gasteiger partial charge in [-0.25, -0.2) is 9.97 Å². The smallest absolute Gasteiger partial charge is 0.138 e. The second-order valence-electron chi connectivity index (χ2n) is 6.68. The largest absolute Gasteiger partial charge is 0.368 e. The lowest BCUT2D eigenvalue weighted by Crippen LogP contribution is -2.43. The summed E-state index contributed by atoms with van der Waals surface area (Å²) in [7, 11) is 4.38. The van der Waals surface area contributed by atoms with Crippen molar-refractivity contribution >= 4 is 27.4 Å². The predicted molar refractivity (Wildman–Crippen MR) is 98.5 cm³/mol. The van der Waals surface area contributed by atoms with E-state index >= 15 is 0 Å². The molecule has 126 valence electrons. The lowest BCUT2D eigenvalue weighted by molar-refractivity contribution is 0.148. The lowest BCUT2D eigenvalue weighted by Gasteiger charge is -2.35. The maximum Gasteiger partial charge on any atom is 0.138 e. The van der Waals surface area contributed by atoms with E-state index < -0.39 is 0 Å². The van der Waals surface area contributed by atoms with Crippen LogP contribution in [-0.4, -0.2) is 66.1 Å². The molecule has 23 heavy (non-hydrogen) atoms. The number of likely N-dealkylation sites (tertiary alicyclic amines) is 1. The van der Waals surface area contributed by atoms with E-state index in [9.17, 15) is 0 Å². The molecule has 1 aliphatic heterocycles. The van der Waals surface area contributed by atoms with Crippen LogP contribution in [0.25, 0.3) is 10.2 Å². The quantitative estimate of drug-likeness (QED) is 0.911. The van der Waals surface area contributed by atoms with Gasteiger partial charge < -0.3 is 15.1 Å². The predicted octanol–water partition coefficient (Wildman–Crippen LogP) is 2.75. The van der Waals surface area contributed by atoms with Crippen LogP contribution in [0.1, 0.15) is 24.2 Å². The number of piperidine rings is 1. The number of anilines is 1. The molecule has 0 saturated carbocycles. The highest BCUT2D eigenvalue weighted by Crippen LogP contribution is 2.29. The number of hydrogen-bond acceptors (Lipinski definition) is 6. The highest BCUT2D eigenvalue weighted by atomic mass is 32.1. The first-order valence-corrected chi connectivity index (χ1v) is 9.27. The highest BCUT2D eigenvalue weighted by molar-refractivity contribution is 7.17. The van der Waals surface area contributed by atoms with Crippen molar-refractivity contribution in [2.24, 2.45) is 0 Å². The Morgan fingerprint density at radius 3 is 2.70 bits per heavy atom. The summed E-state index contributed by atoms with van der Waals surface area (Å²) in [5.41, 5.74) is 1.26. The van der Waals surface area contributed by atoms with Crippen LogP contribution in [-0.2, 0) is 0 Å². The Morgan fingerprint density at radius 2 is 2.00 bits per heavy atom. The zero-order valence-electron chi connectivity index (χ0n) is 14.6. The fourth-order valence-corrected chi connectivity index (χ4v) is 4.28. The van der Waals surface area contributed by atoms with Crippen LogP contribution in [0.3, 0.4) is 0 Å². The summed E-state index contributed by atoms with van der Waals surface area (Å²) in [6.45, 7) is 8.50. The summed E-state index contributed by atoms with van der Waals surface area (Å²) in [5.74, 6) is 1.84. The van der Waals surface area contributed by atoms with Crippen LogP contribution in [0.4, 0.5) is 5.82 Å². The molecule has 3 rings (SSSR count). The van der Waals surface area contributed by atoms with Crippen LogP contribution < -0.4 is 5.32 Å². The fraction of sp³-hybridized carbons (Fsp3) is 0.647. The van der Waals surface area contributed by atoms with E-state index in [0.717, 1.165) is 35.6 Å². The van der Waals surface area contributed by atoms with Crippen molar-refractivity contribution in [1.29, 1.82) is 0 Å². The molecular weight excluding hydrogens is 306 g/mol. The van der Waals surface area contributed by atoms with Crippen molar-refractivity contribution in [2.75, 3.05) is 45.6 Å². The molecular formula is C17H27N5S. The Hall–Kier alpha value is -1.24. The number of rotatable bonds is 5. The third-order valence-electron chi connectivity index (χ3n) is 4.74. The van der Waals surface area contributed by atoms with Crippen LogP contribution in [0.5, 0.6) is 0 Å². The molecule has 0 aromatic carbocycles. The molecule has 2 aromatic heterocycles. The molecule has 2 aromatic rings. The van der Waals surface area contributed by atoms with Gasteiger partial charge in [-0.05, 0) is 64.8 Å². The van der Waals surface area contributed by atoms with Crippen LogP contribution >= 0.6 is 11.3 Å². The average Bonchev–Trinajstić information content (AvgIpc) is 2.89. The van der Waals surface area contributed by atoms with Gasteiger partial charge in [-0.15, -0.1) is 11.3 Å². The molecule has 1 fully saturated rings. The molecule has 1 N–H and O–H groups in total. The SMILES string of the molecule is Cc1nc(NCCN2CCC(N(C)C)CC2)c2c(C)csc2n1. The van der Waals surface area contributed by atoms with E-state index in [2.05, 4.69) is 51.5 Å². The van der Waals surface area contributed by atoms with Gasteiger partial charge >= 0.3 is 0 Å². The summed E-state index contributed by atoms with van der Waals surface area (Å²) in [4.78, 5) is 15.1. The number of nitrogens with one attached hydrogen (secondary N) is 1. The van der Waals surface area contributed by atoms with Crippen LogP contribution in [0.15, 0.2) is 5.38 Å². The standard InChI is InChI=1S/C17H27N5S/c1-12-11-23-17-15(12)16(19-13(2)20-17)18-7-10-22-8-5-14(6-9-22)21(3)4/h11,14H,5-10H2,1-4H3,(H,18,19,20). The molecule has 1 saturated heterocycles. The molecule has 0 bridgehead atoms. The van der Waals surface area contributed by atoms with Crippen molar-refractivity contribution in [3.05, 3.63) is 16.8 Å². The van der Waals surface area contributed by atoms with E-state index in [1.807, 2.05) is 6.92 Å². The van der Waals surface area contributed by atoms with Crippen molar-refractivity contribution < 1.29 is 0 Å². The Kier molecular flexibility index (Phi) is 5.14. The third kappa shape index (κ3) is 3.82. The fourth-order valence-electron chi connectivity index (χ4n) is 3.31. The number of aromatic nitrogens is 2. The lowest BCUT2D eigenvalue weighted by atomic mass is 10.0. The van der Waals surface area contributed by atoms with E-state index in [1.54, 1.807) is 11.3 Å². The van der Waals surface area contributed by atoms with Gasteiger partial charge in [0, 0.05) is 19.1 Å². The number of hydrogen-bond donors (Lipinski definition) is 1. The Bertz CT molecular complexity index is 658. The molecule has 0 spiro atoms. The molecule has 0 unspecified atom stereocenters. The number of aryl methyl sites for hydroxylation is 2. The van der Waals surface area contributed by atoms with Gasteiger partial charge in [0.2, 0.25) is 0 Å². The Morgan fingerprint density at radius 1 is 1.26 bits per heavy atom. The number of thiophene rings is 1. The minimum atomic E-state index is 0.747.